The molecule has 3 aromatic rings. The first-order valence-electron chi connectivity index (χ1n) is 6.39. The van der Waals surface area contributed by atoms with E-state index < -0.39 is 9.84 Å². The van der Waals surface area contributed by atoms with E-state index in [-0.39, 0.29) is 16.3 Å². The molecule has 104 valence electrons. The number of hydrogen-bond donors (Lipinski definition) is 0. The first kappa shape index (κ1) is 13.4. The molecule has 0 unspecified atom stereocenters. The monoisotopic (exact) mass is 296 g/mol. The lowest BCUT2D eigenvalue weighted by molar-refractivity contribution is 0.596. The molecule has 0 saturated carbocycles. The molecule has 0 spiro atoms. The molecule has 1 aromatic heterocycles. The van der Waals surface area contributed by atoms with Gasteiger partial charge in [0.05, 0.1) is 21.4 Å². The molecule has 4 nitrogen and oxygen atoms in total. The lowest BCUT2D eigenvalue weighted by Gasteiger charge is -2.02. The average Bonchev–Trinajstić information content (AvgIpc) is 2.88. The largest absolute Gasteiger partial charge is 0.332 e. The number of rotatable bonds is 3. The van der Waals surface area contributed by atoms with Gasteiger partial charge < -0.3 is 4.57 Å². The third-order valence-electron chi connectivity index (χ3n) is 3.34. The molecule has 3 rings (SSSR count). The number of sulfone groups is 1. The third-order valence-corrected chi connectivity index (χ3v) is 5.13. The molecule has 0 N–H and O–H groups in total. The summed E-state index contributed by atoms with van der Waals surface area (Å²) in [4.78, 5) is 0.490. The van der Waals surface area contributed by atoms with E-state index in [1.165, 1.54) is 6.20 Å². The molecule has 0 fully saturated rings. The van der Waals surface area contributed by atoms with Crippen molar-refractivity contribution < 1.29 is 8.42 Å². The normalized spacial score (nSPS) is 11.4. The van der Waals surface area contributed by atoms with Gasteiger partial charge in [0.25, 0.3) is 0 Å². The van der Waals surface area contributed by atoms with Crippen LogP contribution < -0.4 is 0 Å². The van der Waals surface area contributed by atoms with Crippen molar-refractivity contribution in [3.63, 3.8) is 0 Å². The SMILES string of the molecule is N#CCn1cc(S(=O)(=O)c2ccccc2)c2ccccc21. The molecule has 0 radical (unpaired) electrons. The zero-order chi connectivity index (χ0) is 14.9. The third kappa shape index (κ3) is 2.20. The fraction of sp³-hybridized carbons (Fsp3) is 0.0625. The highest BCUT2D eigenvalue weighted by Crippen LogP contribution is 2.29. The summed E-state index contributed by atoms with van der Waals surface area (Å²) in [6.45, 7) is 0.116. The van der Waals surface area contributed by atoms with E-state index in [2.05, 4.69) is 0 Å². The van der Waals surface area contributed by atoms with Gasteiger partial charge in [0, 0.05) is 11.6 Å². The lowest BCUT2D eigenvalue weighted by atomic mass is 10.2. The Morgan fingerprint density at radius 2 is 1.67 bits per heavy atom. The number of para-hydroxylation sites is 1. The number of hydrogen-bond acceptors (Lipinski definition) is 3. The molecule has 21 heavy (non-hydrogen) atoms. The van der Waals surface area contributed by atoms with Crippen molar-refractivity contribution in [3.05, 3.63) is 60.8 Å². The van der Waals surface area contributed by atoms with Crippen LogP contribution in [0.2, 0.25) is 0 Å². The molecule has 0 bridgehead atoms. The van der Waals surface area contributed by atoms with E-state index in [0.717, 1.165) is 5.52 Å². The summed E-state index contributed by atoms with van der Waals surface area (Å²) < 4.78 is 27.2. The average molecular weight is 296 g/mol. The van der Waals surface area contributed by atoms with Crippen molar-refractivity contribution in [2.24, 2.45) is 0 Å². The molecule has 5 heteroatoms. The van der Waals surface area contributed by atoms with Crippen molar-refractivity contribution in [2.75, 3.05) is 0 Å². The van der Waals surface area contributed by atoms with E-state index >= 15 is 0 Å². The van der Waals surface area contributed by atoms with Crippen molar-refractivity contribution in [1.82, 2.24) is 4.57 Å². The van der Waals surface area contributed by atoms with Gasteiger partial charge in [-0.15, -0.1) is 0 Å². The molecule has 0 aliphatic rings. The molecule has 0 aliphatic heterocycles. The Balaban J connectivity index is 2.29. The predicted molar refractivity (Wildman–Crippen MR) is 79.4 cm³/mol. The van der Waals surface area contributed by atoms with Crippen molar-refractivity contribution in [3.8, 4) is 6.07 Å². The number of fused-ring (bicyclic) bond motifs is 1. The summed E-state index contributed by atoms with van der Waals surface area (Å²) in [6, 6.07) is 17.6. The molecular weight excluding hydrogens is 284 g/mol. The van der Waals surface area contributed by atoms with Crippen LogP contribution in [0.3, 0.4) is 0 Å². The van der Waals surface area contributed by atoms with Crippen LogP contribution in [0.25, 0.3) is 10.9 Å². The zero-order valence-corrected chi connectivity index (χ0v) is 11.9. The Bertz CT molecular complexity index is 935. The lowest BCUT2D eigenvalue weighted by Crippen LogP contribution is -2.01. The van der Waals surface area contributed by atoms with Crippen LogP contribution in [-0.2, 0) is 16.4 Å². The number of aromatic nitrogens is 1. The maximum Gasteiger partial charge on any atom is 0.208 e. The van der Waals surface area contributed by atoms with Gasteiger partial charge in [-0.05, 0) is 18.2 Å². The smallest absolute Gasteiger partial charge is 0.208 e. The second-order valence-electron chi connectivity index (χ2n) is 4.61. The highest BCUT2D eigenvalue weighted by Gasteiger charge is 2.22. The summed E-state index contributed by atoms with van der Waals surface area (Å²) >= 11 is 0. The summed E-state index contributed by atoms with van der Waals surface area (Å²) in [7, 11) is -3.59. The fourth-order valence-electron chi connectivity index (χ4n) is 2.36. The van der Waals surface area contributed by atoms with Gasteiger partial charge in [-0.1, -0.05) is 36.4 Å². The topological polar surface area (TPSA) is 62.9 Å². The first-order chi connectivity index (χ1) is 10.1. The van der Waals surface area contributed by atoms with Gasteiger partial charge in [-0.2, -0.15) is 5.26 Å². The Morgan fingerprint density at radius 3 is 2.38 bits per heavy atom. The van der Waals surface area contributed by atoms with Gasteiger partial charge in [-0.3, -0.25) is 0 Å². The van der Waals surface area contributed by atoms with Crippen LogP contribution >= 0.6 is 0 Å². The van der Waals surface area contributed by atoms with E-state index in [4.69, 9.17) is 5.26 Å². The minimum absolute atomic E-state index is 0.116. The van der Waals surface area contributed by atoms with E-state index in [1.54, 1.807) is 47.0 Å². The molecule has 1 heterocycles. The predicted octanol–water partition coefficient (Wildman–Crippen LogP) is 3.00. The Morgan fingerprint density at radius 1 is 1.00 bits per heavy atom. The summed E-state index contributed by atoms with van der Waals surface area (Å²) in [5.41, 5.74) is 0.744. The van der Waals surface area contributed by atoms with Crippen LogP contribution in [0, 0.1) is 11.3 Å². The number of nitrogens with zero attached hydrogens (tertiary/aromatic N) is 2. The molecule has 0 amide bonds. The minimum atomic E-state index is -3.59. The summed E-state index contributed by atoms with van der Waals surface area (Å²) in [5.74, 6) is 0. The van der Waals surface area contributed by atoms with E-state index in [9.17, 15) is 8.42 Å². The highest BCUT2D eigenvalue weighted by atomic mass is 32.2. The van der Waals surface area contributed by atoms with Crippen LogP contribution in [0.4, 0.5) is 0 Å². The fourth-order valence-corrected chi connectivity index (χ4v) is 3.86. The van der Waals surface area contributed by atoms with Crippen molar-refractivity contribution in [1.29, 1.82) is 5.26 Å². The standard InChI is InChI=1S/C16H12N2O2S/c17-10-11-18-12-16(14-8-4-5-9-15(14)18)21(19,20)13-6-2-1-3-7-13/h1-9,12H,11H2. The van der Waals surface area contributed by atoms with Gasteiger partial charge >= 0.3 is 0 Å². The molecule has 0 saturated heterocycles. The van der Waals surface area contributed by atoms with E-state index in [1.807, 2.05) is 18.2 Å². The zero-order valence-electron chi connectivity index (χ0n) is 11.1. The van der Waals surface area contributed by atoms with Crippen molar-refractivity contribution >= 4 is 20.7 Å². The van der Waals surface area contributed by atoms with Gasteiger partial charge in [0.2, 0.25) is 9.84 Å². The van der Waals surface area contributed by atoms with Crippen LogP contribution in [-0.4, -0.2) is 13.0 Å². The number of benzene rings is 2. The maximum atomic E-state index is 12.8. The van der Waals surface area contributed by atoms with Gasteiger partial charge in [-0.25, -0.2) is 8.42 Å². The van der Waals surface area contributed by atoms with Gasteiger partial charge in [0.1, 0.15) is 6.54 Å². The first-order valence-corrected chi connectivity index (χ1v) is 7.88. The summed E-state index contributed by atoms with van der Waals surface area (Å²) in [5, 5.41) is 9.52. The van der Waals surface area contributed by atoms with Gasteiger partial charge in [0.15, 0.2) is 0 Å². The van der Waals surface area contributed by atoms with Crippen LogP contribution in [0.1, 0.15) is 0 Å². The highest BCUT2D eigenvalue weighted by molar-refractivity contribution is 7.91. The quantitative estimate of drug-likeness (QED) is 0.746. The van der Waals surface area contributed by atoms with Crippen molar-refractivity contribution in [2.45, 2.75) is 16.3 Å². The number of nitriles is 1. The maximum absolute atomic E-state index is 12.8. The Labute approximate surface area is 122 Å². The van der Waals surface area contributed by atoms with Crippen LogP contribution in [0.5, 0.6) is 0 Å². The Hall–Kier alpha value is -2.58. The second kappa shape index (κ2) is 5.08. The summed E-state index contributed by atoms with van der Waals surface area (Å²) in [6.07, 6.45) is 1.54. The second-order valence-corrected chi connectivity index (χ2v) is 6.53. The molecular formula is C16H12N2O2S. The van der Waals surface area contributed by atoms with Crippen LogP contribution in [0.15, 0.2) is 70.6 Å². The molecule has 0 aliphatic carbocycles. The molecule has 2 aromatic carbocycles. The molecule has 0 atom stereocenters. The Kier molecular flexibility index (Phi) is 3.24. The minimum Gasteiger partial charge on any atom is -0.332 e. The van der Waals surface area contributed by atoms with E-state index in [0.29, 0.717) is 5.39 Å².